The van der Waals surface area contributed by atoms with Gasteiger partial charge in [-0.1, -0.05) is 12.1 Å². The fourth-order valence-electron chi connectivity index (χ4n) is 2.92. The zero-order valence-electron chi connectivity index (χ0n) is 15.0. The summed E-state index contributed by atoms with van der Waals surface area (Å²) in [5, 5.41) is 11.0. The number of fused-ring (bicyclic) bond motifs is 1. The minimum atomic E-state index is -3.83. The second-order valence-corrected chi connectivity index (χ2v) is 8.06. The molecule has 142 valence electrons. The molecule has 2 aromatic carbocycles. The molecule has 0 amide bonds. The van der Waals surface area contributed by atoms with E-state index in [0.717, 1.165) is 17.1 Å². The number of nitro groups is 1. The maximum atomic E-state index is 12.6. The molecule has 0 unspecified atom stereocenters. The molecule has 0 aliphatic rings. The quantitative estimate of drug-likeness (QED) is 0.380. The molecule has 1 aromatic heterocycles. The number of nitrogens with zero attached hydrogens (tertiary/aromatic N) is 3. The van der Waals surface area contributed by atoms with Crippen LogP contribution in [0.4, 0.5) is 5.69 Å². The van der Waals surface area contributed by atoms with Crippen LogP contribution < -0.4 is 4.72 Å². The third-order valence-electron chi connectivity index (χ3n) is 4.50. The Labute approximate surface area is 157 Å². The van der Waals surface area contributed by atoms with Crippen molar-refractivity contribution in [2.45, 2.75) is 31.7 Å². The Balaban J connectivity index is 1.69. The Morgan fingerprint density at radius 2 is 1.96 bits per heavy atom. The van der Waals surface area contributed by atoms with E-state index in [0.29, 0.717) is 24.1 Å². The highest BCUT2D eigenvalue weighted by molar-refractivity contribution is 7.89. The number of non-ortho nitro benzene ring substituents is 1. The van der Waals surface area contributed by atoms with E-state index in [-0.39, 0.29) is 17.1 Å². The van der Waals surface area contributed by atoms with Gasteiger partial charge in [0.05, 0.1) is 27.2 Å². The molecular formula is C18H20N4O4S. The smallest absolute Gasteiger partial charge is 0.271 e. The molecular weight excluding hydrogens is 368 g/mol. The average Bonchev–Trinajstić information content (AvgIpc) is 3.04. The first-order valence-electron chi connectivity index (χ1n) is 8.45. The van der Waals surface area contributed by atoms with Gasteiger partial charge in [-0.25, -0.2) is 18.1 Å². The van der Waals surface area contributed by atoms with E-state index in [1.165, 1.54) is 6.07 Å². The lowest BCUT2D eigenvalue weighted by atomic mass is 10.1. The number of aryl methyl sites for hydroxylation is 2. The highest BCUT2D eigenvalue weighted by Crippen LogP contribution is 2.25. The summed E-state index contributed by atoms with van der Waals surface area (Å²) in [6.07, 6.45) is 2.29. The van der Waals surface area contributed by atoms with Crippen LogP contribution in [-0.2, 0) is 16.6 Å². The summed E-state index contributed by atoms with van der Waals surface area (Å²) < 4.78 is 29.7. The van der Waals surface area contributed by atoms with E-state index in [2.05, 4.69) is 9.71 Å². The predicted octanol–water partition coefficient (Wildman–Crippen LogP) is 2.93. The lowest BCUT2D eigenvalue weighted by Gasteiger charge is -2.11. The van der Waals surface area contributed by atoms with Gasteiger partial charge in [-0.05, 0) is 43.5 Å². The van der Waals surface area contributed by atoms with E-state index < -0.39 is 14.9 Å². The summed E-state index contributed by atoms with van der Waals surface area (Å²) in [7, 11) is -3.83. The van der Waals surface area contributed by atoms with E-state index in [4.69, 9.17) is 0 Å². The number of rotatable bonds is 7. The lowest BCUT2D eigenvalue weighted by Crippen LogP contribution is -2.26. The van der Waals surface area contributed by atoms with E-state index in [1.54, 1.807) is 20.2 Å². The Hall–Kier alpha value is -2.78. The summed E-state index contributed by atoms with van der Waals surface area (Å²) >= 11 is 0. The molecule has 3 aromatic rings. The van der Waals surface area contributed by atoms with Crippen molar-refractivity contribution in [2.75, 3.05) is 6.54 Å². The molecule has 1 N–H and O–H groups in total. The number of aromatic nitrogens is 2. The molecule has 9 heteroatoms. The van der Waals surface area contributed by atoms with Gasteiger partial charge >= 0.3 is 0 Å². The van der Waals surface area contributed by atoms with Crippen LogP contribution >= 0.6 is 0 Å². The molecule has 0 aliphatic carbocycles. The van der Waals surface area contributed by atoms with Crippen molar-refractivity contribution in [3.8, 4) is 0 Å². The van der Waals surface area contributed by atoms with Crippen LogP contribution in [0.25, 0.3) is 11.0 Å². The van der Waals surface area contributed by atoms with Crippen LogP contribution in [0, 0.1) is 24.0 Å². The maximum Gasteiger partial charge on any atom is 0.271 e. The highest BCUT2D eigenvalue weighted by Gasteiger charge is 2.22. The van der Waals surface area contributed by atoms with Gasteiger partial charge in [0, 0.05) is 25.2 Å². The maximum absolute atomic E-state index is 12.6. The summed E-state index contributed by atoms with van der Waals surface area (Å²) in [6.45, 7) is 4.13. The molecule has 0 saturated carbocycles. The van der Waals surface area contributed by atoms with Crippen molar-refractivity contribution >= 4 is 26.7 Å². The Kier molecular flexibility index (Phi) is 5.24. The van der Waals surface area contributed by atoms with Crippen molar-refractivity contribution in [3.63, 3.8) is 0 Å². The minimum Gasteiger partial charge on any atom is -0.331 e. The summed E-state index contributed by atoms with van der Waals surface area (Å²) in [5.41, 5.74) is 2.72. The van der Waals surface area contributed by atoms with Gasteiger partial charge in [-0.2, -0.15) is 0 Å². The van der Waals surface area contributed by atoms with Gasteiger partial charge in [-0.15, -0.1) is 0 Å². The molecule has 0 aliphatic heterocycles. The molecule has 0 radical (unpaired) electrons. The zero-order valence-corrected chi connectivity index (χ0v) is 15.9. The Bertz CT molecular complexity index is 1110. The number of hydrogen-bond donors (Lipinski definition) is 1. The molecule has 0 spiro atoms. The van der Waals surface area contributed by atoms with Crippen molar-refractivity contribution < 1.29 is 13.3 Å². The highest BCUT2D eigenvalue weighted by atomic mass is 32.2. The molecule has 0 fully saturated rings. The van der Waals surface area contributed by atoms with Crippen LogP contribution in [0.1, 0.15) is 17.5 Å². The second kappa shape index (κ2) is 7.45. The van der Waals surface area contributed by atoms with Crippen LogP contribution in [0.2, 0.25) is 0 Å². The largest absolute Gasteiger partial charge is 0.331 e. The van der Waals surface area contributed by atoms with Crippen molar-refractivity contribution in [2.24, 2.45) is 0 Å². The average molecular weight is 388 g/mol. The summed E-state index contributed by atoms with van der Waals surface area (Å²) in [4.78, 5) is 14.7. The van der Waals surface area contributed by atoms with Crippen molar-refractivity contribution in [3.05, 3.63) is 64.0 Å². The summed E-state index contributed by atoms with van der Waals surface area (Å²) in [6, 6.07) is 10.2. The molecule has 27 heavy (non-hydrogen) atoms. The number of para-hydroxylation sites is 2. The molecule has 0 bridgehead atoms. The number of nitrogens with one attached hydrogen (secondary N) is 1. The van der Waals surface area contributed by atoms with Crippen LogP contribution in [0.15, 0.2) is 47.6 Å². The fraction of sp³-hybridized carbons (Fsp3) is 0.278. The minimum absolute atomic E-state index is 0.0534. The fourth-order valence-corrected chi connectivity index (χ4v) is 4.32. The topological polar surface area (TPSA) is 107 Å². The molecule has 1 heterocycles. The standard InChI is InChI=1S/C18H20N4O4S/c1-13-10-15(22(23)24)11-18(14(13)2)27(25,26)20-8-5-9-21-12-19-16-6-3-4-7-17(16)21/h3-4,6-7,10-12,20H,5,8-9H2,1-2H3. The first-order chi connectivity index (χ1) is 12.8. The van der Waals surface area contributed by atoms with Gasteiger partial charge in [0.1, 0.15) is 0 Å². The zero-order chi connectivity index (χ0) is 19.6. The lowest BCUT2D eigenvalue weighted by molar-refractivity contribution is -0.385. The number of hydrogen-bond acceptors (Lipinski definition) is 5. The monoisotopic (exact) mass is 388 g/mol. The number of benzene rings is 2. The third kappa shape index (κ3) is 3.99. The van der Waals surface area contributed by atoms with E-state index in [1.807, 2.05) is 28.8 Å². The predicted molar refractivity (Wildman–Crippen MR) is 102 cm³/mol. The first kappa shape index (κ1) is 19.0. The van der Waals surface area contributed by atoms with Gasteiger partial charge < -0.3 is 4.57 Å². The van der Waals surface area contributed by atoms with Crippen molar-refractivity contribution in [1.82, 2.24) is 14.3 Å². The normalized spacial score (nSPS) is 11.8. The number of imidazole rings is 1. The Morgan fingerprint density at radius 1 is 1.22 bits per heavy atom. The van der Waals surface area contributed by atoms with Crippen LogP contribution in [-0.4, -0.2) is 29.4 Å². The first-order valence-corrected chi connectivity index (χ1v) is 9.93. The van der Waals surface area contributed by atoms with Crippen LogP contribution in [0.5, 0.6) is 0 Å². The second-order valence-electron chi connectivity index (χ2n) is 6.32. The molecule has 0 atom stereocenters. The molecule has 3 rings (SSSR count). The van der Waals surface area contributed by atoms with Gasteiger partial charge in [0.2, 0.25) is 10.0 Å². The molecule has 8 nitrogen and oxygen atoms in total. The van der Waals surface area contributed by atoms with Gasteiger partial charge in [0.25, 0.3) is 5.69 Å². The molecule has 0 saturated heterocycles. The van der Waals surface area contributed by atoms with Gasteiger partial charge in [0.15, 0.2) is 0 Å². The number of nitro benzene ring substituents is 1. The summed E-state index contributed by atoms with van der Waals surface area (Å²) in [5.74, 6) is 0. The number of sulfonamides is 1. The van der Waals surface area contributed by atoms with E-state index >= 15 is 0 Å². The SMILES string of the molecule is Cc1cc([N+](=O)[O-])cc(S(=O)(=O)NCCCn2cnc3ccccc32)c1C. The third-order valence-corrected chi connectivity index (χ3v) is 6.09. The Morgan fingerprint density at radius 3 is 2.70 bits per heavy atom. The van der Waals surface area contributed by atoms with Crippen molar-refractivity contribution in [1.29, 1.82) is 0 Å². The van der Waals surface area contributed by atoms with Crippen LogP contribution in [0.3, 0.4) is 0 Å². The van der Waals surface area contributed by atoms with Gasteiger partial charge in [-0.3, -0.25) is 10.1 Å². The van der Waals surface area contributed by atoms with E-state index in [9.17, 15) is 18.5 Å².